The third-order valence-corrected chi connectivity index (χ3v) is 3.37. The second-order valence-corrected chi connectivity index (χ2v) is 5.06. The molecule has 0 aliphatic carbocycles. The number of aryl methyl sites for hydroxylation is 3. The quantitative estimate of drug-likeness (QED) is 0.829. The topological polar surface area (TPSA) is 75.6 Å². The molecule has 0 unspecified atom stereocenters. The zero-order valence-electron chi connectivity index (χ0n) is 12.9. The van der Waals surface area contributed by atoms with Crippen LogP contribution < -0.4 is 5.32 Å². The number of hydrogen-bond donors (Lipinski definition) is 2. The predicted octanol–water partition coefficient (Wildman–Crippen LogP) is 2.36. The van der Waals surface area contributed by atoms with E-state index in [0.717, 1.165) is 35.5 Å². The summed E-state index contributed by atoms with van der Waals surface area (Å²) in [5, 5.41) is 14.0. The second kappa shape index (κ2) is 6.39. The highest BCUT2D eigenvalue weighted by Crippen LogP contribution is 2.14. The van der Waals surface area contributed by atoms with E-state index < -0.39 is 0 Å². The Morgan fingerprint density at radius 1 is 1.48 bits per heavy atom. The molecular formula is C15H21N5O. The predicted molar refractivity (Wildman–Crippen MR) is 82.9 cm³/mol. The van der Waals surface area contributed by atoms with Gasteiger partial charge >= 0.3 is 0 Å². The van der Waals surface area contributed by atoms with Crippen LogP contribution in [0.5, 0.6) is 0 Å². The molecule has 0 saturated carbocycles. The monoisotopic (exact) mass is 287 g/mol. The molecule has 112 valence electrons. The van der Waals surface area contributed by atoms with Crippen LogP contribution in [0.1, 0.15) is 36.0 Å². The number of aromatic nitrogens is 4. The summed E-state index contributed by atoms with van der Waals surface area (Å²) in [5.74, 6) is 0.347. The molecule has 6 nitrogen and oxygen atoms in total. The standard InChI is InChI=1S/C15H21N5O/c1-5-6-12-9-14(18-17-12)16-15(21)8-7-13-10(2)19-20(4)11(13)3/h7-9H,5-6H2,1-4H3,(H2,16,17,18,21)/b8-7+. The van der Waals surface area contributed by atoms with Crippen molar-refractivity contribution in [3.05, 3.63) is 34.8 Å². The van der Waals surface area contributed by atoms with Crippen LogP contribution in [0.15, 0.2) is 12.1 Å². The Kier molecular flexibility index (Phi) is 4.57. The molecule has 2 aromatic rings. The van der Waals surface area contributed by atoms with Crippen molar-refractivity contribution in [2.75, 3.05) is 5.32 Å². The molecule has 0 bridgehead atoms. The molecule has 0 aliphatic heterocycles. The van der Waals surface area contributed by atoms with Crippen molar-refractivity contribution in [2.24, 2.45) is 7.05 Å². The van der Waals surface area contributed by atoms with Crippen molar-refractivity contribution in [3.63, 3.8) is 0 Å². The maximum absolute atomic E-state index is 11.9. The van der Waals surface area contributed by atoms with E-state index in [4.69, 9.17) is 0 Å². The van der Waals surface area contributed by atoms with Gasteiger partial charge in [-0.25, -0.2) is 0 Å². The Morgan fingerprint density at radius 3 is 2.86 bits per heavy atom. The van der Waals surface area contributed by atoms with Crippen LogP contribution in [0, 0.1) is 13.8 Å². The first-order valence-electron chi connectivity index (χ1n) is 7.04. The Bertz CT molecular complexity index is 666. The number of anilines is 1. The molecule has 6 heteroatoms. The first-order chi connectivity index (χ1) is 10.0. The van der Waals surface area contributed by atoms with Gasteiger partial charge in [0, 0.05) is 36.1 Å². The Labute approximate surface area is 124 Å². The fourth-order valence-electron chi connectivity index (χ4n) is 2.18. The van der Waals surface area contributed by atoms with Gasteiger partial charge in [0.1, 0.15) is 0 Å². The molecule has 2 rings (SSSR count). The van der Waals surface area contributed by atoms with Crippen LogP contribution in [0.3, 0.4) is 0 Å². The molecule has 0 saturated heterocycles. The smallest absolute Gasteiger partial charge is 0.249 e. The average molecular weight is 287 g/mol. The highest BCUT2D eigenvalue weighted by Gasteiger charge is 2.07. The van der Waals surface area contributed by atoms with Gasteiger partial charge in [-0.05, 0) is 26.3 Å². The summed E-state index contributed by atoms with van der Waals surface area (Å²) in [6.45, 7) is 6.00. The lowest BCUT2D eigenvalue weighted by Gasteiger charge is -1.97. The van der Waals surface area contributed by atoms with Crippen LogP contribution in [-0.2, 0) is 18.3 Å². The summed E-state index contributed by atoms with van der Waals surface area (Å²) in [7, 11) is 1.89. The summed E-state index contributed by atoms with van der Waals surface area (Å²) in [5.41, 5.74) is 3.93. The fraction of sp³-hybridized carbons (Fsp3) is 0.400. The van der Waals surface area contributed by atoms with E-state index in [1.807, 2.05) is 27.0 Å². The summed E-state index contributed by atoms with van der Waals surface area (Å²) >= 11 is 0. The molecule has 0 spiro atoms. The third kappa shape index (κ3) is 3.59. The number of carbonyl (C=O) groups is 1. The summed E-state index contributed by atoms with van der Waals surface area (Å²) < 4.78 is 1.80. The number of rotatable bonds is 5. The maximum atomic E-state index is 11.9. The van der Waals surface area contributed by atoms with Crippen LogP contribution in [0.25, 0.3) is 6.08 Å². The minimum Gasteiger partial charge on any atom is -0.306 e. The van der Waals surface area contributed by atoms with E-state index in [1.165, 1.54) is 6.08 Å². The largest absolute Gasteiger partial charge is 0.306 e. The third-order valence-electron chi connectivity index (χ3n) is 3.37. The molecular weight excluding hydrogens is 266 g/mol. The molecule has 2 heterocycles. The lowest BCUT2D eigenvalue weighted by molar-refractivity contribution is -0.111. The summed E-state index contributed by atoms with van der Waals surface area (Å²) in [4.78, 5) is 11.9. The van der Waals surface area contributed by atoms with Gasteiger partial charge in [0.2, 0.25) is 5.91 Å². The number of hydrogen-bond acceptors (Lipinski definition) is 3. The molecule has 0 aliphatic rings. The summed E-state index contributed by atoms with van der Waals surface area (Å²) in [6.07, 6.45) is 5.25. The van der Waals surface area contributed by atoms with Gasteiger partial charge in [-0.2, -0.15) is 10.2 Å². The lowest BCUT2D eigenvalue weighted by Crippen LogP contribution is -2.08. The van der Waals surface area contributed by atoms with E-state index >= 15 is 0 Å². The molecule has 0 atom stereocenters. The Balaban J connectivity index is 2.02. The van der Waals surface area contributed by atoms with Crippen LogP contribution in [-0.4, -0.2) is 25.9 Å². The average Bonchev–Trinajstić information content (AvgIpc) is 2.95. The molecule has 2 aromatic heterocycles. The van der Waals surface area contributed by atoms with Crippen molar-refractivity contribution >= 4 is 17.8 Å². The van der Waals surface area contributed by atoms with Crippen LogP contribution in [0.4, 0.5) is 5.82 Å². The minimum absolute atomic E-state index is 0.202. The van der Waals surface area contributed by atoms with E-state index in [9.17, 15) is 4.79 Å². The molecule has 0 fully saturated rings. The highest BCUT2D eigenvalue weighted by atomic mass is 16.1. The lowest BCUT2D eigenvalue weighted by atomic mass is 10.2. The zero-order chi connectivity index (χ0) is 15.4. The van der Waals surface area contributed by atoms with Crippen LogP contribution in [0.2, 0.25) is 0 Å². The van der Waals surface area contributed by atoms with Gasteiger partial charge in [0.05, 0.1) is 5.69 Å². The van der Waals surface area contributed by atoms with Crippen molar-refractivity contribution in [1.82, 2.24) is 20.0 Å². The van der Waals surface area contributed by atoms with Crippen LogP contribution >= 0.6 is 0 Å². The normalized spacial score (nSPS) is 11.2. The number of nitrogens with one attached hydrogen (secondary N) is 2. The maximum Gasteiger partial charge on any atom is 0.249 e. The first-order valence-corrected chi connectivity index (χ1v) is 7.04. The summed E-state index contributed by atoms with van der Waals surface area (Å²) in [6, 6.07) is 1.86. The van der Waals surface area contributed by atoms with Crippen molar-refractivity contribution < 1.29 is 4.79 Å². The van der Waals surface area contributed by atoms with E-state index in [1.54, 1.807) is 10.8 Å². The minimum atomic E-state index is -0.202. The van der Waals surface area contributed by atoms with Gasteiger partial charge in [-0.15, -0.1) is 0 Å². The second-order valence-electron chi connectivity index (χ2n) is 5.06. The highest BCUT2D eigenvalue weighted by molar-refractivity contribution is 6.01. The van der Waals surface area contributed by atoms with Gasteiger partial charge < -0.3 is 5.32 Å². The number of carbonyl (C=O) groups excluding carboxylic acids is 1. The van der Waals surface area contributed by atoms with Gasteiger partial charge in [-0.1, -0.05) is 13.3 Å². The Morgan fingerprint density at radius 2 is 2.24 bits per heavy atom. The van der Waals surface area contributed by atoms with Crippen molar-refractivity contribution in [2.45, 2.75) is 33.6 Å². The SMILES string of the molecule is CCCc1cc(NC(=O)/C=C/c2c(C)nn(C)c2C)n[nH]1. The number of H-pyrrole nitrogens is 1. The van der Waals surface area contributed by atoms with E-state index in [0.29, 0.717) is 5.82 Å². The number of aromatic amines is 1. The number of amides is 1. The molecule has 0 aromatic carbocycles. The van der Waals surface area contributed by atoms with E-state index in [-0.39, 0.29) is 5.91 Å². The van der Waals surface area contributed by atoms with Gasteiger partial charge in [0.15, 0.2) is 5.82 Å². The molecule has 21 heavy (non-hydrogen) atoms. The van der Waals surface area contributed by atoms with Gasteiger partial charge in [0.25, 0.3) is 0 Å². The fourth-order valence-corrected chi connectivity index (χ4v) is 2.18. The molecule has 0 radical (unpaired) electrons. The van der Waals surface area contributed by atoms with Crippen molar-refractivity contribution in [1.29, 1.82) is 0 Å². The van der Waals surface area contributed by atoms with Gasteiger partial charge in [-0.3, -0.25) is 14.6 Å². The van der Waals surface area contributed by atoms with E-state index in [2.05, 4.69) is 27.5 Å². The molecule has 2 N–H and O–H groups in total. The number of nitrogens with zero attached hydrogens (tertiary/aromatic N) is 3. The zero-order valence-corrected chi connectivity index (χ0v) is 12.9. The Hall–Kier alpha value is -2.37. The van der Waals surface area contributed by atoms with Crippen molar-refractivity contribution in [3.8, 4) is 0 Å². The first kappa shape index (κ1) is 15.0. The molecule has 1 amide bonds.